The molecule has 0 aliphatic carbocycles. The van der Waals surface area contributed by atoms with E-state index in [1.165, 1.54) is 4.90 Å². The Labute approximate surface area is 112 Å². The molecule has 1 aliphatic rings. The molecule has 18 heavy (non-hydrogen) atoms. The van der Waals surface area contributed by atoms with Crippen molar-refractivity contribution in [1.29, 1.82) is 0 Å². The van der Waals surface area contributed by atoms with Crippen LogP contribution in [-0.4, -0.2) is 27.8 Å². The molecule has 0 aromatic heterocycles. The van der Waals surface area contributed by atoms with Gasteiger partial charge in [0.15, 0.2) is 0 Å². The number of carbonyl (C=O) groups excluding carboxylic acids is 2. The number of rotatable bonds is 2. The van der Waals surface area contributed by atoms with Crippen LogP contribution < -0.4 is 0 Å². The monoisotopic (exact) mass is 263 g/mol. The number of imide groups is 1. The summed E-state index contributed by atoms with van der Waals surface area (Å²) >= 11 is 1.12. The molecule has 0 N–H and O–H groups in total. The first-order valence-corrected chi connectivity index (χ1v) is 6.69. The van der Waals surface area contributed by atoms with E-state index in [-0.39, 0.29) is 11.1 Å². The first-order chi connectivity index (χ1) is 8.30. The molecule has 0 saturated carbocycles. The normalized spacial score (nSPS) is 24.8. The minimum absolute atomic E-state index is 0.119. The third-order valence-corrected chi connectivity index (χ3v) is 5.51. The number of carbonyl (C=O) groups is 2. The number of nitrogens with zero attached hydrogens (tertiary/aromatic N) is 1. The highest BCUT2D eigenvalue weighted by Crippen LogP contribution is 2.49. The number of hydrogen-bond acceptors (Lipinski definition) is 3. The van der Waals surface area contributed by atoms with Gasteiger partial charge < -0.3 is 0 Å². The second-order valence-corrected chi connectivity index (χ2v) is 6.63. The SMILES string of the molecule is CN1C(=O)SC(C)(C(C)(C)c2ccccc2)C1=O. The molecule has 0 spiro atoms. The van der Waals surface area contributed by atoms with Gasteiger partial charge in [-0.15, -0.1) is 0 Å². The van der Waals surface area contributed by atoms with E-state index in [1.54, 1.807) is 7.05 Å². The average molecular weight is 263 g/mol. The van der Waals surface area contributed by atoms with Gasteiger partial charge in [-0.25, -0.2) is 0 Å². The molecule has 3 nitrogen and oxygen atoms in total. The van der Waals surface area contributed by atoms with Crippen molar-refractivity contribution in [3.05, 3.63) is 35.9 Å². The second kappa shape index (κ2) is 4.12. The molecule has 1 fully saturated rings. The van der Waals surface area contributed by atoms with E-state index in [4.69, 9.17) is 0 Å². The van der Waals surface area contributed by atoms with Gasteiger partial charge in [-0.1, -0.05) is 44.2 Å². The number of thioether (sulfide) groups is 1. The lowest BCUT2D eigenvalue weighted by atomic mass is 9.73. The van der Waals surface area contributed by atoms with Crippen LogP contribution in [0.1, 0.15) is 26.3 Å². The van der Waals surface area contributed by atoms with Gasteiger partial charge in [-0.3, -0.25) is 14.5 Å². The fraction of sp³-hybridized carbons (Fsp3) is 0.429. The summed E-state index contributed by atoms with van der Waals surface area (Å²) in [7, 11) is 1.55. The topological polar surface area (TPSA) is 37.4 Å². The molecule has 1 aromatic rings. The van der Waals surface area contributed by atoms with Crippen molar-refractivity contribution < 1.29 is 9.59 Å². The zero-order valence-corrected chi connectivity index (χ0v) is 11.9. The average Bonchev–Trinajstić information content (AvgIpc) is 2.56. The van der Waals surface area contributed by atoms with Crippen molar-refractivity contribution in [2.75, 3.05) is 7.05 Å². The van der Waals surface area contributed by atoms with Crippen molar-refractivity contribution in [2.45, 2.75) is 30.9 Å². The molecule has 0 bridgehead atoms. The Bertz CT molecular complexity index is 498. The number of amides is 2. The van der Waals surface area contributed by atoms with Crippen LogP contribution in [0.15, 0.2) is 30.3 Å². The van der Waals surface area contributed by atoms with E-state index in [0.717, 1.165) is 17.3 Å². The van der Waals surface area contributed by atoms with E-state index < -0.39 is 10.2 Å². The highest BCUT2D eigenvalue weighted by atomic mass is 32.2. The molecule has 1 aromatic carbocycles. The lowest BCUT2D eigenvalue weighted by Gasteiger charge is -2.38. The Morgan fingerprint density at radius 1 is 1.17 bits per heavy atom. The molecule has 1 unspecified atom stereocenters. The lowest BCUT2D eigenvalue weighted by molar-refractivity contribution is -0.129. The summed E-state index contributed by atoms with van der Waals surface area (Å²) in [5, 5.41) is -0.175. The molecule has 1 aliphatic heterocycles. The quantitative estimate of drug-likeness (QED) is 0.823. The summed E-state index contributed by atoms with van der Waals surface area (Å²) in [5.41, 5.74) is 0.660. The van der Waals surface area contributed by atoms with Crippen molar-refractivity contribution in [1.82, 2.24) is 4.90 Å². The molecular formula is C14H17NO2S. The summed E-state index contributed by atoms with van der Waals surface area (Å²) < 4.78 is -0.750. The summed E-state index contributed by atoms with van der Waals surface area (Å²) in [6.45, 7) is 5.88. The van der Waals surface area contributed by atoms with Gasteiger partial charge in [0, 0.05) is 12.5 Å². The summed E-state index contributed by atoms with van der Waals surface area (Å²) in [4.78, 5) is 25.3. The Morgan fingerprint density at radius 3 is 2.17 bits per heavy atom. The highest BCUT2D eigenvalue weighted by molar-refractivity contribution is 8.16. The van der Waals surface area contributed by atoms with Crippen molar-refractivity contribution in [3.8, 4) is 0 Å². The Kier molecular flexibility index (Phi) is 3.01. The zero-order chi connectivity index (χ0) is 13.6. The molecular weight excluding hydrogens is 246 g/mol. The first-order valence-electron chi connectivity index (χ1n) is 5.87. The van der Waals surface area contributed by atoms with Crippen LogP contribution in [0.2, 0.25) is 0 Å². The zero-order valence-electron chi connectivity index (χ0n) is 11.1. The van der Waals surface area contributed by atoms with Crippen molar-refractivity contribution in [3.63, 3.8) is 0 Å². The lowest BCUT2D eigenvalue weighted by Crippen LogP contribution is -2.49. The Morgan fingerprint density at radius 2 is 1.72 bits per heavy atom. The number of hydrogen-bond donors (Lipinski definition) is 0. The predicted molar refractivity (Wildman–Crippen MR) is 73.6 cm³/mol. The summed E-state index contributed by atoms with van der Waals surface area (Å²) in [6.07, 6.45) is 0. The maximum Gasteiger partial charge on any atom is 0.289 e. The van der Waals surface area contributed by atoms with Crippen LogP contribution in [-0.2, 0) is 10.2 Å². The third-order valence-electron chi connectivity index (χ3n) is 3.97. The minimum Gasteiger partial charge on any atom is -0.275 e. The van der Waals surface area contributed by atoms with Crippen LogP contribution in [0, 0.1) is 0 Å². The minimum atomic E-state index is -0.750. The van der Waals surface area contributed by atoms with Crippen molar-refractivity contribution in [2.24, 2.45) is 0 Å². The van der Waals surface area contributed by atoms with Gasteiger partial charge in [0.05, 0.1) is 0 Å². The first kappa shape index (κ1) is 13.1. The van der Waals surface area contributed by atoms with E-state index in [1.807, 2.05) is 51.1 Å². The maximum atomic E-state index is 12.3. The molecule has 1 atom stereocenters. The van der Waals surface area contributed by atoms with E-state index in [0.29, 0.717) is 0 Å². The van der Waals surface area contributed by atoms with Crippen LogP contribution in [0.3, 0.4) is 0 Å². The molecule has 96 valence electrons. The van der Waals surface area contributed by atoms with E-state index >= 15 is 0 Å². The van der Waals surface area contributed by atoms with E-state index in [2.05, 4.69) is 0 Å². The van der Waals surface area contributed by atoms with Crippen LogP contribution in [0.25, 0.3) is 0 Å². The van der Waals surface area contributed by atoms with Gasteiger partial charge >= 0.3 is 0 Å². The molecule has 1 heterocycles. The Balaban J connectivity index is 2.48. The molecule has 0 radical (unpaired) electrons. The largest absolute Gasteiger partial charge is 0.289 e. The number of benzene rings is 1. The molecule has 2 amide bonds. The smallest absolute Gasteiger partial charge is 0.275 e. The third kappa shape index (κ3) is 1.67. The van der Waals surface area contributed by atoms with Crippen LogP contribution >= 0.6 is 11.8 Å². The predicted octanol–water partition coefficient (Wildman–Crippen LogP) is 3.05. The molecule has 2 rings (SSSR count). The summed E-state index contributed by atoms with van der Waals surface area (Å²) in [5.74, 6) is -0.119. The van der Waals surface area contributed by atoms with Crippen LogP contribution in [0.4, 0.5) is 4.79 Å². The second-order valence-electron chi connectivity index (χ2n) is 5.26. The van der Waals surface area contributed by atoms with E-state index in [9.17, 15) is 9.59 Å². The van der Waals surface area contributed by atoms with Gasteiger partial charge in [-0.2, -0.15) is 0 Å². The molecule has 1 saturated heterocycles. The standard InChI is InChI=1S/C14H17NO2S/c1-13(2,10-8-6-5-7-9-10)14(3)11(16)15(4)12(17)18-14/h5-9H,1-4H3. The van der Waals surface area contributed by atoms with Gasteiger partial charge in [0.25, 0.3) is 5.24 Å². The Hall–Kier alpha value is -1.29. The highest BCUT2D eigenvalue weighted by Gasteiger charge is 2.57. The van der Waals surface area contributed by atoms with Gasteiger partial charge in [-0.05, 0) is 24.2 Å². The van der Waals surface area contributed by atoms with Crippen molar-refractivity contribution >= 4 is 22.9 Å². The van der Waals surface area contributed by atoms with Crippen LogP contribution in [0.5, 0.6) is 0 Å². The van der Waals surface area contributed by atoms with Gasteiger partial charge in [0.1, 0.15) is 4.75 Å². The van der Waals surface area contributed by atoms with Gasteiger partial charge in [0.2, 0.25) is 5.91 Å². The maximum absolute atomic E-state index is 12.3. The molecule has 4 heteroatoms. The summed E-state index contributed by atoms with van der Waals surface area (Å²) in [6, 6.07) is 9.86. The fourth-order valence-electron chi connectivity index (χ4n) is 2.21. The fourth-order valence-corrected chi connectivity index (χ4v) is 3.38.